The molecule has 0 spiro atoms. The van der Waals surface area contributed by atoms with Crippen LogP contribution in [0.5, 0.6) is 0 Å². The largest absolute Gasteiger partial charge is 0.499 e. The van der Waals surface area contributed by atoms with E-state index in [4.69, 9.17) is 4.74 Å². The number of aryl methyl sites for hydroxylation is 1. The van der Waals surface area contributed by atoms with E-state index in [9.17, 15) is 4.79 Å². The lowest BCUT2D eigenvalue weighted by Crippen LogP contribution is -2.48. The number of hydrogen-bond donors (Lipinski definition) is 0. The zero-order chi connectivity index (χ0) is 12.9. The molecule has 0 saturated carbocycles. The van der Waals surface area contributed by atoms with Crippen LogP contribution in [0.15, 0.2) is 30.5 Å². The predicted octanol–water partition coefficient (Wildman–Crippen LogP) is 2.53. The van der Waals surface area contributed by atoms with Crippen molar-refractivity contribution in [1.82, 2.24) is 0 Å². The molecule has 0 aliphatic carbocycles. The zero-order valence-electron chi connectivity index (χ0n) is 10.9. The number of ether oxygens (including phenoxy) is 1. The van der Waals surface area contributed by atoms with Gasteiger partial charge in [0.15, 0.2) is 0 Å². The lowest BCUT2D eigenvalue weighted by atomic mass is 9.77. The van der Waals surface area contributed by atoms with E-state index in [1.807, 2.05) is 11.0 Å². The van der Waals surface area contributed by atoms with Gasteiger partial charge in [-0.1, -0.05) is 17.7 Å². The summed E-state index contributed by atoms with van der Waals surface area (Å²) < 4.78 is 5.42. The zero-order valence-corrected chi connectivity index (χ0v) is 10.9. The second kappa shape index (κ2) is 3.61. The molecule has 18 heavy (non-hydrogen) atoms. The van der Waals surface area contributed by atoms with Gasteiger partial charge in [0.25, 0.3) is 0 Å². The number of fused-ring (bicyclic) bond motifs is 3. The number of carbonyl (C=O) groups excluding carboxylic acids is 1. The Morgan fingerprint density at radius 3 is 3.00 bits per heavy atom. The highest BCUT2D eigenvalue weighted by Gasteiger charge is 2.49. The molecular formula is C15H17NO2. The third-order valence-electron chi connectivity index (χ3n) is 4.10. The van der Waals surface area contributed by atoms with E-state index in [1.54, 1.807) is 13.2 Å². The fourth-order valence-electron chi connectivity index (χ4n) is 3.08. The summed E-state index contributed by atoms with van der Waals surface area (Å²) in [4.78, 5) is 13.8. The Hall–Kier alpha value is -1.77. The highest BCUT2D eigenvalue weighted by molar-refractivity contribution is 5.96. The molecule has 0 fully saturated rings. The first-order valence-corrected chi connectivity index (χ1v) is 6.24. The topological polar surface area (TPSA) is 29.5 Å². The lowest BCUT2D eigenvalue weighted by molar-refractivity contribution is -0.117. The number of hydrogen-bond acceptors (Lipinski definition) is 2. The Balaban J connectivity index is 2.25. The molecule has 0 N–H and O–H groups in total. The van der Waals surface area contributed by atoms with E-state index in [0.29, 0.717) is 6.61 Å². The molecule has 1 aromatic rings. The van der Waals surface area contributed by atoms with Crippen LogP contribution in [0.4, 0.5) is 5.69 Å². The van der Waals surface area contributed by atoms with Gasteiger partial charge in [-0.3, -0.25) is 4.79 Å². The van der Waals surface area contributed by atoms with Gasteiger partial charge < -0.3 is 9.64 Å². The molecule has 2 heterocycles. The number of carbonyl (C=O) groups is 1. The Kier molecular flexibility index (Phi) is 2.27. The molecule has 0 aromatic heterocycles. The van der Waals surface area contributed by atoms with Gasteiger partial charge in [-0.25, -0.2) is 0 Å². The van der Waals surface area contributed by atoms with E-state index in [-0.39, 0.29) is 17.4 Å². The molecular weight excluding hydrogens is 226 g/mol. The van der Waals surface area contributed by atoms with E-state index in [1.165, 1.54) is 11.1 Å². The number of amides is 1. The molecule has 2 atom stereocenters. The highest BCUT2D eigenvalue weighted by atomic mass is 16.5. The molecule has 0 saturated heterocycles. The van der Waals surface area contributed by atoms with Gasteiger partial charge in [0.2, 0.25) is 5.91 Å². The Morgan fingerprint density at radius 1 is 1.50 bits per heavy atom. The van der Waals surface area contributed by atoms with E-state index >= 15 is 0 Å². The number of rotatable bonds is 0. The molecule has 0 radical (unpaired) electrons. The van der Waals surface area contributed by atoms with Gasteiger partial charge in [0.05, 0.1) is 12.3 Å². The van der Waals surface area contributed by atoms with Crippen molar-refractivity contribution in [1.29, 1.82) is 0 Å². The van der Waals surface area contributed by atoms with E-state index < -0.39 is 0 Å². The summed E-state index contributed by atoms with van der Waals surface area (Å²) in [6.45, 7) is 6.43. The maximum absolute atomic E-state index is 11.9. The van der Waals surface area contributed by atoms with Crippen LogP contribution in [0.3, 0.4) is 0 Å². The van der Waals surface area contributed by atoms with E-state index in [2.05, 4.69) is 32.1 Å². The summed E-state index contributed by atoms with van der Waals surface area (Å²) in [5.74, 6) is 0.0766. The fourth-order valence-corrected chi connectivity index (χ4v) is 3.08. The van der Waals surface area contributed by atoms with Crippen molar-refractivity contribution >= 4 is 11.6 Å². The van der Waals surface area contributed by atoms with Crippen molar-refractivity contribution in [2.45, 2.75) is 32.2 Å². The van der Waals surface area contributed by atoms with Crippen molar-refractivity contribution in [3.63, 3.8) is 0 Å². The van der Waals surface area contributed by atoms with Crippen LogP contribution in [0, 0.1) is 6.92 Å². The SMILES string of the molecule is CC(=O)N1c2ccc(C)cc2C2(C)C=COCC12. The van der Waals surface area contributed by atoms with Crippen molar-refractivity contribution < 1.29 is 9.53 Å². The van der Waals surface area contributed by atoms with Gasteiger partial charge in [-0.2, -0.15) is 0 Å². The molecule has 2 aliphatic rings. The fraction of sp³-hybridized carbons (Fsp3) is 0.400. The van der Waals surface area contributed by atoms with Crippen LogP contribution in [0.25, 0.3) is 0 Å². The second-order valence-electron chi connectivity index (χ2n) is 5.34. The maximum atomic E-state index is 11.9. The molecule has 1 aromatic carbocycles. The monoisotopic (exact) mass is 243 g/mol. The second-order valence-corrected chi connectivity index (χ2v) is 5.34. The minimum Gasteiger partial charge on any atom is -0.499 e. The minimum atomic E-state index is -0.134. The van der Waals surface area contributed by atoms with Crippen LogP contribution in [-0.2, 0) is 14.9 Å². The maximum Gasteiger partial charge on any atom is 0.224 e. The predicted molar refractivity (Wildman–Crippen MR) is 70.6 cm³/mol. The molecule has 0 bridgehead atoms. The van der Waals surface area contributed by atoms with Crippen molar-refractivity contribution in [2.24, 2.45) is 0 Å². The summed E-state index contributed by atoms with van der Waals surface area (Å²) in [6.07, 6.45) is 3.83. The molecule has 2 unspecified atom stereocenters. The Labute approximate surface area is 107 Å². The first-order chi connectivity index (χ1) is 8.54. The van der Waals surface area contributed by atoms with Gasteiger partial charge in [0.1, 0.15) is 6.61 Å². The summed E-state index contributed by atoms with van der Waals surface area (Å²) >= 11 is 0. The van der Waals surface area contributed by atoms with Gasteiger partial charge in [0, 0.05) is 18.0 Å². The summed E-state index contributed by atoms with van der Waals surface area (Å²) in [5.41, 5.74) is 3.34. The molecule has 94 valence electrons. The van der Waals surface area contributed by atoms with Crippen molar-refractivity contribution in [3.8, 4) is 0 Å². The van der Waals surface area contributed by atoms with E-state index in [0.717, 1.165) is 5.69 Å². The van der Waals surface area contributed by atoms with Gasteiger partial charge in [-0.05, 0) is 31.6 Å². The quantitative estimate of drug-likeness (QED) is 0.700. The average molecular weight is 243 g/mol. The molecule has 3 rings (SSSR count). The standard InChI is InChI=1S/C15H17NO2/c1-10-4-5-13-12(8-10)15(3)6-7-18-9-14(15)16(13)11(2)17/h4-8,14H,9H2,1-3H3. The Morgan fingerprint density at radius 2 is 2.28 bits per heavy atom. The van der Waals surface area contributed by atoms with Crippen LogP contribution >= 0.6 is 0 Å². The molecule has 2 aliphatic heterocycles. The minimum absolute atomic E-state index is 0.0665. The van der Waals surface area contributed by atoms with Crippen LogP contribution in [0.1, 0.15) is 25.0 Å². The molecule has 1 amide bonds. The summed E-state index contributed by atoms with van der Waals surface area (Å²) in [6, 6.07) is 6.35. The summed E-state index contributed by atoms with van der Waals surface area (Å²) in [7, 11) is 0. The highest BCUT2D eigenvalue weighted by Crippen LogP contribution is 2.48. The third-order valence-corrected chi connectivity index (χ3v) is 4.10. The van der Waals surface area contributed by atoms with Crippen LogP contribution in [-0.4, -0.2) is 18.6 Å². The molecule has 3 nitrogen and oxygen atoms in total. The van der Waals surface area contributed by atoms with Gasteiger partial charge >= 0.3 is 0 Å². The number of anilines is 1. The smallest absolute Gasteiger partial charge is 0.224 e. The Bertz CT molecular complexity index is 549. The normalized spacial score (nSPS) is 28.6. The van der Waals surface area contributed by atoms with Crippen molar-refractivity contribution in [3.05, 3.63) is 41.7 Å². The third kappa shape index (κ3) is 1.33. The van der Waals surface area contributed by atoms with Crippen molar-refractivity contribution in [2.75, 3.05) is 11.5 Å². The van der Waals surface area contributed by atoms with Crippen LogP contribution in [0.2, 0.25) is 0 Å². The first kappa shape index (κ1) is 11.3. The summed E-state index contributed by atoms with van der Waals surface area (Å²) in [5, 5.41) is 0. The average Bonchev–Trinajstić information content (AvgIpc) is 2.58. The number of nitrogens with zero attached hydrogens (tertiary/aromatic N) is 1. The van der Waals surface area contributed by atoms with Crippen LogP contribution < -0.4 is 4.90 Å². The number of benzene rings is 1. The van der Waals surface area contributed by atoms with Gasteiger partial charge in [-0.15, -0.1) is 0 Å². The molecule has 3 heteroatoms. The lowest BCUT2D eigenvalue weighted by Gasteiger charge is -2.35. The first-order valence-electron chi connectivity index (χ1n) is 6.24.